The molecule has 1 aliphatic rings. The van der Waals surface area contributed by atoms with Gasteiger partial charge in [-0.25, -0.2) is 0 Å². The predicted molar refractivity (Wildman–Crippen MR) is 61.3 cm³/mol. The average molecular weight is 230 g/mol. The zero-order valence-corrected chi connectivity index (χ0v) is 10.4. The average Bonchev–Trinajstić information content (AvgIpc) is 2.29. The van der Waals surface area contributed by atoms with E-state index in [2.05, 4.69) is 5.32 Å². The van der Waals surface area contributed by atoms with E-state index in [4.69, 9.17) is 9.47 Å². The lowest BCUT2D eigenvalue weighted by Crippen LogP contribution is -2.49. The van der Waals surface area contributed by atoms with Crippen molar-refractivity contribution in [2.75, 3.05) is 47.0 Å². The topological polar surface area (TPSA) is 50.8 Å². The van der Waals surface area contributed by atoms with Crippen LogP contribution in [0.25, 0.3) is 0 Å². The molecule has 1 fully saturated rings. The van der Waals surface area contributed by atoms with Crippen molar-refractivity contribution >= 4 is 5.91 Å². The van der Waals surface area contributed by atoms with Gasteiger partial charge < -0.3 is 19.7 Å². The van der Waals surface area contributed by atoms with Crippen LogP contribution in [-0.4, -0.2) is 63.9 Å². The Hall–Kier alpha value is -0.650. The zero-order valence-electron chi connectivity index (χ0n) is 10.4. The number of hydrogen-bond acceptors (Lipinski definition) is 4. The Bertz CT molecular complexity index is 221. The summed E-state index contributed by atoms with van der Waals surface area (Å²) in [5, 5.41) is 3.02. The monoisotopic (exact) mass is 230 g/mol. The second-order valence-corrected chi connectivity index (χ2v) is 4.19. The van der Waals surface area contributed by atoms with E-state index in [-0.39, 0.29) is 17.9 Å². The van der Waals surface area contributed by atoms with Gasteiger partial charge in [0.05, 0.1) is 19.3 Å². The summed E-state index contributed by atoms with van der Waals surface area (Å²) < 4.78 is 10.5. The highest BCUT2D eigenvalue weighted by molar-refractivity contribution is 5.78. The van der Waals surface area contributed by atoms with Gasteiger partial charge in [0.15, 0.2) is 0 Å². The summed E-state index contributed by atoms with van der Waals surface area (Å²) in [6.45, 7) is 5.13. The van der Waals surface area contributed by atoms with Crippen LogP contribution in [0, 0.1) is 5.92 Å². The Morgan fingerprint density at radius 2 is 2.44 bits per heavy atom. The molecule has 0 saturated carbocycles. The first kappa shape index (κ1) is 13.4. The fourth-order valence-electron chi connectivity index (χ4n) is 1.91. The molecule has 5 heteroatoms. The van der Waals surface area contributed by atoms with Crippen LogP contribution >= 0.6 is 0 Å². The van der Waals surface area contributed by atoms with E-state index in [0.29, 0.717) is 32.8 Å². The van der Waals surface area contributed by atoms with Crippen LogP contribution < -0.4 is 5.32 Å². The summed E-state index contributed by atoms with van der Waals surface area (Å²) in [6, 6.07) is 0. The van der Waals surface area contributed by atoms with E-state index >= 15 is 0 Å². The number of carbonyl (C=O) groups excluding carboxylic acids is 1. The largest absolute Gasteiger partial charge is 0.382 e. The van der Waals surface area contributed by atoms with Gasteiger partial charge in [-0.2, -0.15) is 0 Å². The van der Waals surface area contributed by atoms with Gasteiger partial charge in [-0.3, -0.25) is 4.79 Å². The van der Waals surface area contributed by atoms with Crippen LogP contribution in [0.15, 0.2) is 0 Å². The van der Waals surface area contributed by atoms with Crippen LogP contribution in [0.2, 0.25) is 0 Å². The van der Waals surface area contributed by atoms with Gasteiger partial charge in [0, 0.05) is 32.7 Å². The van der Waals surface area contributed by atoms with Gasteiger partial charge >= 0.3 is 0 Å². The standard InChI is InChI=1S/C11H22N2O3/c1-9(6-12-2)11(14)13-4-5-16-10(7-13)8-15-3/h9-10,12H,4-8H2,1-3H3. The maximum Gasteiger partial charge on any atom is 0.226 e. The van der Waals surface area contributed by atoms with Gasteiger partial charge in [-0.1, -0.05) is 6.92 Å². The normalized spacial score (nSPS) is 23.2. The highest BCUT2D eigenvalue weighted by Gasteiger charge is 2.26. The second-order valence-electron chi connectivity index (χ2n) is 4.19. The molecule has 0 aliphatic carbocycles. The maximum atomic E-state index is 12.0. The first-order chi connectivity index (χ1) is 7.69. The SMILES string of the molecule is CNCC(C)C(=O)N1CCOC(COC)C1. The number of methoxy groups -OCH3 is 1. The molecule has 0 aromatic heterocycles. The quantitative estimate of drug-likeness (QED) is 0.705. The minimum absolute atomic E-state index is 0.0180. The summed E-state index contributed by atoms with van der Waals surface area (Å²) in [5.74, 6) is 0.213. The molecule has 0 spiro atoms. The third-order valence-corrected chi connectivity index (χ3v) is 2.73. The number of nitrogens with zero attached hydrogens (tertiary/aromatic N) is 1. The van der Waals surface area contributed by atoms with Crippen LogP contribution in [0.3, 0.4) is 0 Å². The van der Waals surface area contributed by atoms with Crippen molar-refractivity contribution in [2.24, 2.45) is 5.92 Å². The fourth-order valence-corrected chi connectivity index (χ4v) is 1.91. The number of amides is 1. The summed E-state index contributed by atoms with van der Waals surface area (Å²) in [5.41, 5.74) is 0. The number of rotatable bonds is 5. The Balaban J connectivity index is 2.43. The van der Waals surface area contributed by atoms with E-state index in [1.54, 1.807) is 7.11 Å². The Labute approximate surface area is 97.1 Å². The maximum absolute atomic E-state index is 12.0. The van der Waals surface area contributed by atoms with E-state index in [0.717, 1.165) is 0 Å². The van der Waals surface area contributed by atoms with Gasteiger partial charge in [-0.15, -0.1) is 0 Å². The summed E-state index contributed by atoms with van der Waals surface area (Å²) in [4.78, 5) is 13.9. The first-order valence-corrected chi connectivity index (χ1v) is 5.73. The van der Waals surface area contributed by atoms with Crippen LogP contribution in [0.1, 0.15) is 6.92 Å². The lowest BCUT2D eigenvalue weighted by Gasteiger charge is -2.34. The molecule has 1 heterocycles. The van der Waals surface area contributed by atoms with Crippen molar-refractivity contribution < 1.29 is 14.3 Å². The number of carbonyl (C=O) groups is 1. The molecule has 1 aliphatic heterocycles. The Kier molecular flexibility index (Phi) is 5.73. The van der Waals surface area contributed by atoms with Crippen molar-refractivity contribution in [3.05, 3.63) is 0 Å². The lowest BCUT2D eigenvalue weighted by molar-refractivity contribution is -0.144. The van der Waals surface area contributed by atoms with E-state index in [9.17, 15) is 4.79 Å². The molecule has 0 aromatic carbocycles. The van der Waals surface area contributed by atoms with Crippen LogP contribution in [-0.2, 0) is 14.3 Å². The number of nitrogens with one attached hydrogen (secondary N) is 1. The molecule has 0 aromatic rings. The first-order valence-electron chi connectivity index (χ1n) is 5.73. The molecule has 1 N–H and O–H groups in total. The Morgan fingerprint density at radius 1 is 1.69 bits per heavy atom. The lowest BCUT2D eigenvalue weighted by atomic mass is 10.1. The number of ether oxygens (including phenoxy) is 2. The molecule has 16 heavy (non-hydrogen) atoms. The highest BCUT2D eigenvalue weighted by Crippen LogP contribution is 2.09. The minimum atomic E-state index is 0.0180. The van der Waals surface area contributed by atoms with Crippen molar-refractivity contribution in [3.8, 4) is 0 Å². The van der Waals surface area contributed by atoms with Crippen molar-refractivity contribution in [1.82, 2.24) is 10.2 Å². The van der Waals surface area contributed by atoms with Crippen molar-refractivity contribution in [1.29, 1.82) is 0 Å². The van der Waals surface area contributed by atoms with Gasteiger partial charge in [0.1, 0.15) is 0 Å². The molecule has 1 amide bonds. The summed E-state index contributed by atoms with van der Waals surface area (Å²) >= 11 is 0. The summed E-state index contributed by atoms with van der Waals surface area (Å²) in [6.07, 6.45) is 0.0180. The van der Waals surface area contributed by atoms with E-state index < -0.39 is 0 Å². The van der Waals surface area contributed by atoms with Crippen LogP contribution in [0.4, 0.5) is 0 Å². The van der Waals surface area contributed by atoms with Gasteiger partial charge in [0.2, 0.25) is 5.91 Å². The smallest absolute Gasteiger partial charge is 0.226 e. The molecule has 1 rings (SSSR count). The van der Waals surface area contributed by atoms with Crippen molar-refractivity contribution in [3.63, 3.8) is 0 Å². The summed E-state index contributed by atoms with van der Waals surface area (Å²) in [7, 11) is 3.50. The molecule has 94 valence electrons. The molecular weight excluding hydrogens is 208 g/mol. The molecule has 5 nitrogen and oxygen atoms in total. The highest BCUT2D eigenvalue weighted by atomic mass is 16.5. The zero-order chi connectivity index (χ0) is 12.0. The molecule has 2 atom stereocenters. The van der Waals surface area contributed by atoms with Gasteiger partial charge in [-0.05, 0) is 7.05 Å². The molecule has 0 bridgehead atoms. The molecule has 1 saturated heterocycles. The van der Waals surface area contributed by atoms with Crippen molar-refractivity contribution in [2.45, 2.75) is 13.0 Å². The molecule has 0 radical (unpaired) electrons. The molecular formula is C11H22N2O3. The third kappa shape index (κ3) is 3.73. The number of hydrogen-bond donors (Lipinski definition) is 1. The number of morpholine rings is 1. The molecule has 2 unspecified atom stereocenters. The third-order valence-electron chi connectivity index (χ3n) is 2.73. The predicted octanol–water partition coefficient (Wildman–Crippen LogP) is -0.284. The van der Waals surface area contributed by atoms with Crippen LogP contribution in [0.5, 0.6) is 0 Å². The van der Waals surface area contributed by atoms with E-state index in [1.807, 2.05) is 18.9 Å². The van der Waals surface area contributed by atoms with Gasteiger partial charge in [0.25, 0.3) is 0 Å². The minimum Gasteiger partial charge on any atom is -0.382 e. The van der Waals surface area contributed by atoms with E-state index in [1.165, 1.54) is 0 Å². The second kappa shape index (κ2) is 6.83. The Morgan fingerprint density at radius 3 is 3.06 bits per heavy atom. The fraction of sp³-hybridized carbons (Fsp3) is 0.909.